The Labute approximate surface area is 131 Å². The van der Waals surface area contributed by atoms with Crippen LogP contribution in [0.25, 0.3) is 0 Å². The van der Waals surface area contributed by atoms with Gasteiger partial charge in [-0.15, -0.1) is 0 Å². The van der Waals surface area contributed by atoms with Crippen molar-refractivity contribution in [3.63, 3.8) is 0 Å². The molecule has 0 aromatic carbocycles. The van der Waals surface area contributed by atoms with Gasteiger partial charge in [-0.25, -0.2) is 13.6 Å². The zero-order valence-electron chi connectivity index (χ0n) is 14.0. The van der Waals surface area contributed by atoms with Crippen LogP contribution in [-0.4, -0.2) is 61.3 Å². The van der Waals surface area contributed by atoms with Crippen LogP contribution in [0, 0.1) is 0 Å². The van der Waals surface area contributed by atoms with Crippen molar-refractivity contribution in [1.82, 2.24) is 15.5 Å². The van der Waals surface area contributed by atoms with E-state index in [-0.39, 0.29) is 6.04 Å². The molecule has 2 N–H and O–H groups in total. The Morgan fingerprint density at radius 2 is 1.82 bits per heavy atom. The van der Waals surface area contributed by atoms with E-state index in [4.69, 9.17) is 4.74 Å². The lowest BCUT2D eigenvalue weighted by molar-refractivity contribution is -0.00714. The average Bonchev–Trinajstić information content (AvgIpc) is 2.42. The fourth-order valence-corrected chi connectivity index (χ4v) is 2.33. The number of piperidine rings is 1. The van der Waals surface area contributed by atoms with Gasteiger partial charge in [0.15, 0.2) is 0 Å². The highest BCUT2D eigenvalue weighted by molar-refractivity contribution is 5.67. The maximum atomic E-state index is 13.8. The van der Waals surface area contributed by atoms with Gasteiger partial charge < -0.3 is 20.3 Å². The summed E-state index contributed by atoms with van der Waals surface area (Å²) in [5.41, 5.74) is -0.690. The average molecular weight is 321 g/mol. The molecule has 0 spiro atoms. The number of hydrogen-bond acceptors (Lipinski definition) is 4. The third-order valence-corrected chi connectivity index (χ3v) is 3.57. The predicted molar refractivity (Wildman–Crippen MR) is 82.3 cm³/mol. The lowest BCUT2D eigenvalue weighted by atomic mass is 10.0. The number of nitrogens with zero attached hydrogens (tertiary/aromatic N) is 1. The van der Waals surface area contributed by atoms with Crippen molar-refractivity contribution in [2.24, 2.45) is 0 Å². The van der Waals surface area contributed by atoms with E-state index in [1.54, 1.807) is 20.8 Å². The SMILES string of the molecule is CCN1CCC(NCC(F)(F)CNC(=O)OC(C)(C)C)CC1. The Kier molecular flexibility index (Phi) is 6.99. The van der Waals surface area contributed by atoms with Crippen LogP contribution in [-0.2, 0) is 4.74 Å². The van der Waals surface area contributed by atoms with Gasteiger partial charge in [0, 0.05) is 6.04 Å². The van der Waals surface area contributed by atoms with Gasteiger partial charge in [0.05, 0.1) is 13.1 Å². The number of amides is 1. The second-order valence-electron chi connectivity index (χ2n) is 6.80. The zero-order chi connectivity index (χ0) is 16.8. The predicted octanol–water partition coefficient (Wildman–Crippen LogP) is 2.22. The molecule has 1 amide bonds. The van der Waals surface area contributed by atoms with Crippen molar-refractivity contribution in [3.8, 4) is 0 Å². The maximum Gasteiger partial charge on any atom is 0.407 e. The summed E-state index contributed by atoms with van der Waals surface area (Å²) in [5, 5.41) is 5.03. The summed E-state index contributed by atoms with van der Waals surface area (Å²) < 4.78 is 32.5. The first-order chi connectivity index (χ1) is 10.1. The maximum absolute atomic E-state index is 13.8. The summed E-state index contributed by atoms with van der Waals surface area (Å²) in [7, 11) is 0. The fourth-order valence-electron chi connectivity index (χ4n) is 2.33. The normalized spacial score (nSPS) is 18.3. The van der Waals surface area contributed by atoms with Crippen LogP contribution in [0.3, 0.4) is 0 Å². The van der Waals surface area contributed by atoms with Crippen LogP contribution in [0.15, 0.2) is 0 Å². The zero-order valence-corrected chi connectivity index (χ0v) is 14.0. The van der Waals surface area contributed by atoms with Crippen LogP contribution < -0.4 is 10.6 Å². The summed E-state index contributed by atoms with van der Waals surface area (Å²) in [6, 6.07) is 0.121. The van der Waals surface area contributed by atoms with Gasteiger partial charge in [-0.1, -0.05) is 6.92 Å². The Morgan fingerprint density at radius 3 is 2.32 bits per heavy atom. The number of carbonyl (C=O) groups excluding carboxylic acids is 1. The molecule has 5 nitrogen and oxygen atoms in total. The molecule has 7 heteroatoms. The number of hydrogen-bond donors (Lipinski definition) is 2. The molecule has 1 rings (SSSR count). The second-order valence-corrected chi connectivity index (χ2v) is 6.80. The molecule has 0 aliphatic carbocycles. The molecule has 1 aliphatic heterocycles. The molecule has 0 aromatic rings. The Morgan fingerprint density at radius 1 is 1.23 bits per heavy atom. The van der Waals surface area contributed by atoms with Crippen LogP contribution >= 0.6 is 0 Å². The van der Waals surface area contributed by atoms with E-state index in [9.17, 15) is 13.6 Å². The molecule has 0 unspecified atom stereocenters. The fraction of sp³-hybridized carbons (Fsp3) is 0.933. The Balaban J connectivity index is 2.25. The van der Waals surface area contributed by atoms with Crippen molar-refractivity contribution in [2.75, 3.05) is 32.7 Å². The first kappa shape index (κ1) is 19.1. The van der Waals surface area contributed by atoms with Crippen LogP contribution in [0.4, 0.5) is 13.6 Å². The number of alkyl halides is 2. The van der Waals surface area contributed by atoms with E-state index in [1.165, 1.54) is 0 Å². The van der Waals surface area contributed by atoms with Crippen molar-refractivity contribution >= 4 is 6.09 Å². The Bertz CT molecular complexity index is 351. The summed E-state index contributed by atoms with van der Waals surface area (Å²) in [4.78, 5) is 13.7. The van der Waals surface area contributed by atoms with Gasteiger partial charge in [0.2, 0.25) is 0 Å². The Hall–Kier alpha value is -0.950. The van der Waals surface area contributed by atoms with Crippen LogP contribution in [0.5, 0.6) is 0 Å². The molecule has 1 heterocycles. The summed E-state index contributed by atoms with van der Waals surface area (Å²) in [6.07, 6.45) is 0.941. The van der Waals surface area contributed by atoms with Crippen molar-refractivity contribution in [3.05, 3.63) is 0 Å². The lowest BCUT2D eigenvalue weighted by Crippen LogP contribution is -2.49. The largest absolute Gasteiger partial charge is 0.444 e. The molecule has 0 radical (unpaired) electrons. The van der Waals surface area contributed by atoms with Crippen molar-refractivity contribution < 1.29 is 18.3 Å². The number of carbonyl (C=O) groups is 1. The van der Waals surface area contributed by atoms with Gasteiger partial charge in [-0.3, -0.25) is 0 Å². The highest BCUT2D eigenvalue weighted by Crippen LogP contribution is 2.15. The van der Waals surface area contributed by atoms with E-state index in [1.807, 2.05) is 0 Å². The van der Waals surface area contributed by atoms with Crippen molar-refractivity contribution in [2.45, 2.75) is 58.1 Å². The minimum absolute atomic E-state index is 0.121. The molecule has 1 fully saturated rings. The molecule has 130 valence electrons. The molecule has 1 aliphatic rings. The first-order valence-electron chi connectivity index (χ1n) is 7.92. The topological polar surface area (TPSA) is 53.6 Å². The highest BCUT2D eigenvalue weighted by Gasteiger charge is 2.31. The summed E-state index contributed by atoms with van der Waals surface area (Å²) >= 11 is 0. The molecule has 1 saturated heterocycles. The van der Waals surface area contributed by atoms with E-state index in [0.29, 0.717) is 0 Å². The smallest absolute Gasteiger partial charge is 0.407 e. The molecular weight excluding hydrogens is 292 g/mol. The van der Waals surface area contributed by atoms with E-state index in [2.05, 4.69) is 22.5 Å². The second kappa shape index (κ2) is 8.06. The number of alkyl carbamates (subject to hydrolysis) is 1. The minimum atomic E-state index is -2.99. The molecule has 0 bridgehead atoms. The van der Waals surface area contributed by atoms with Crippen LogP contribution in [0.1, 0.15) is 40.5 Å². The highest BCUT2D eigenvalue weighted by atomic mass is 19.3. The standard InChI is InChI=1S/C15H29F2N3O2/c1-5-20-8-6-12(7-9-20)18-10-15(16,17)11-19-13(21)22-14(2,3)4/h12,18H,5-11H2,1-4H3,(H,19,21). The lowest BCUT2D eigenvalue weighted by Gasteiger charge is -2.32. The number of halogens is 2. The minimum Gasteiger partial charge on any atom is -0.444 e. The van der Waals surface area contributed by atoms with Crippen LogP contribution in [0.2, 0.25) is 0 Å². The summed E-state index contributed by atoms with van der Waals surface area (Å²) in [5.74, 6) is -2.99. The molecule has 0 aromatic heterocycles. The first-order valence-corrected chi connectivity index (χ1v) is 7.92. The van der Waals surface area contributed by atoms with E-state index >= 15 is 0 Å². The number of nitrogens with one attached hydrogen (secondary N) is 2. The van der Waals surface area contributed by atoms with Gasteiger partial charge in [0.1, 0.15) is 5.60 Å². The van der Waals surface area contributed by atoms with E-state index in [0.717, 1.165) is 32.5 Å². The molecular formula is C15H29F2N3O2. The third-order valence-electron chi connectivity index (χ3n) is 3.57. The quantitative estimate of drug-likeness (QED) is 0.788. The van der Waals surface area contributed by atoms with Gasteiger partial charge in [-0.2, -0.15) is 0 Å². The molecule has 0 atom stereocenters. The number of ether oxygens (including phenoxy) is 1. The third kappa shape index (κ3) is 7.89. The number of rotatable bonds is 6. The van der Waals surface area contributed by atoms with Gasteiger partial charge >= 0.3 is 6.09 Å². The number of likely N-dealkylation sites (tertiary alicyclic amines) is 1. The molecule has 22 heavy (non-hydrogen) atoms. The summed E-state index contributed by atoms with van der Waals surface area (Å²) in [6.45, 7) is 8.90. The van der Waals surface area contributed by atoms with Gasteiger partial charge in [-0.05, 0) is 53.2 Å². The van der Waals surface area contributed by atoms with E-state index < -0.39 is 30.7 Å². The monoisotopic (exact) mass is 321 g/mol. The van der Waals surface area contributed by atoms with Gasteiger partial charge in [0.25, 0.3) is 5.92 Å². The molecule has 0 saturated carbocycles. The van der Waals surface area contributed by atoms with Crippen molar-refractivity contribution in [1.29, 1.82) is 0 Å².